The average Bonchev–Trinajstić information content (AvgIpc) is 3.49. The van der Waals surface area contributed by atoms with Crippen LogP contribution in [-0.2, 0) is 14.8 Å². The number of piperidine rings is 1. The lowest BCUT2D eigenvalue weighted by molar-refractivity contribution is -0.206. The summed E-state index contributed by atoms with van der Waals surface area (Å²) in [4.78, 5) is 14.6. The van der Waals surface area contributed by atoms with Crippen LogP contribution >= 0.6 is 0 Å². The van der Waals surface area contributed by atoms with Gasteiger partial charge in [-0.05, 0) is 49.8 Å². The molecule has 1 spiro atoms. The summed E-state index contributed by atoms with van der Waals surface area (Å²) in [6, 6.07) is 5.18. The number of carbonyl (C=O) groups is 1. The molecule has 6 nitrogen and oxygen atoms in total. The molecule has 10 heteroatoms. The largest absolute Gasteiger partial charge is 0.418 e. The van der Waals surface area contributed by atoms with Gasteiger partial charge in [0.25, 0.3) is 0 Å². The van der Waals surface area contributed by atoms with Crippen LogP contribution in [0.4, 0.5) is 18.9 Å². The van der Waals surface area contributed by atoms with Crippen molar-refractivity contribution in [3.63, 3.8) is 0 Å². The van der Waals surface area contributed by atoms with Gasteiger partial charge in [0.2, 0.25) is 15.9 Å². The van der Waals surface area contributed by atoms with Crippen molar-refractivity contribution in [2.45, 2.75) is 49.6 Å². The molecule has 2 heterocycles. The van der Waals surface area contributed by atoms with Gasteiger partial charge in [-0.3, -0.25) is 4.79 Å². The van der Waals surface area contributed by atoms with Crippen LogP contribution in [0.5, 0.6) is 0 Å². The first kappa shape index (κ1) is 20.6. The molecular weight excluding hydrogens is 409 g/mol. The standard InChI is InChI=1S/C19H23F3N2O4S/c20-19(21,22)16(25)13-1-3-14(4-2-13)24-12-9-18(17(24)26)7-10-23(11-8-18)29(27,28)15-5-6-15/h1-4,15-16,25H,5-12H2. The Bertz CT molecular complexity index is 889. The average molecular weight is 432 g/mol. The van der Waals surface area contributed by atoms with E-state index in [2.05, 4.69) is 0 Å². The molecule has 3 aliphatic rings. The molecule has 1 aromatic rings. The van der Waals surface area contributed by atoms with E-state index in [4.69, 9.17) is 0 Å². The van der Waals surface area contributed by atoms with Gasteiger partial charge >= 0.3 is 6.18 Å². The highest BCUT2D eigenvalue weighted by Gasteiger charge is 2.51. The zero-order chi connectivity index (χ0) is 21.0. The minimum Gasteiger partial charge on any atom is -0.379 e. The molecule has 2 saturated heterocycles. The van der Waals surface area contributed by atoms with Crippen molar-refractivity contribution in [3.05, 3.63) is 29.8 Å². The van der Waals surface area contributed by atoms with Crippen LogP contribution in [0.15, 0.2) is 24.3 Å². The Hall–Kier alpha value is -1.65. The Balaban J connectivity index is 1.44. The molecule has 1 saturated carbocycles. The Morgan fingerprint density at radius 3 is 2.10 bits per heavy atom. The van der Waals surface area contributed by atoms with Crippen molar-refractivity contribution >= 4 is 21.6 Å². The first-order valence-electron chi connectivity index (χ1n) is 9.70. The van der Waals surface area contributed by atoms with E-state index in [1.165, 1.54) is 28.6 Å². The maximum atomic E-state index is 13.1. The number of hydrogen-bond donors (Lipinski definition) is 1. The third-order valence-corrected chi connectivity index (χ3v) is 8.73. The van der Waals surface area contributed by atoms with Crippen molar-refractivity contribution in [1.82, 2.24) is 4.31 Å². The number of hydrogen-bond acceptors (Lipinski definition) is 4. The molecule has 0 aromatic heterocycles. The maximum Gasteiger partial charge on any atom is 0.418 e. The minimum absolute atomic E-state index is 0.106. The van der Waals surface area contributed by atoms with Crippen LogP contribution in [0, 0.1) is 5.41 Å². The summed E-state index contributed by atoms with van der Waals surface area (Å²) in [6.07, 6.45) is -4.39. The second-order valence-electron chi connectivity index (χ2n) is 8.17. The van der Waals surface area contributed by atoms with E-state index in [9.17, 15) is 31.5 Å². The van der Waals surface area contributed by atoms with E-state index >= 15 is 0 Å². The monoisotopic (exact) mass is 432 g/mol. The highest BCUT2D eigenvalue weighted by molar-refractivity contribution is 7.90. The summed E-state index contributed by atoms with van der Waals surface area (Å²) in [6.45, 7) is 1.10. The van der Waals surface area contributed by atoms with Gasteiger partial charge in [0.15, 0.2) is 6.10 Å². The van der Waals surface area contributed by atoms with Gasteiger partial charge in [-0.15, -0.1) is 0 Å². The number of anilines is 1. The number of benzene rings is 1. The second-order valence-corrected chi connectivity index (χ2v) is 10.4. The van der Waals surface area contributed by atoms with Gasteiger partial charge in [-0.25, -0.2) is 12.7 Å². The topological polar surface area (TPSA) is 77.9 Å². The lowest BCUT2D eigenvalue weighted by Gasteiger charge is -2.37. The minimum atomic E-state index is -4.75. The number of amides is 1. The third kappa shape index (κ3) is 3.66. The number of rotatable bonds is 4. The number of nitrogens with zero attached hydrogens (tertiary/aromatic N) is 2. The van der Waals surface area contributed by atoms with Gasteiger partial charge in [-0.1, -0.05) is 12.1 Å². The van der Waals surface area contributed by atoms with Crippen molar-refractivity contribution in [2.24, 2.45) is 5.41 Å². The highest BCUT2D eigenvalue weighted by Crippen LogP contribution is 2.45. The van der Waals surface area contributed by atoms with Gasteiger partial charge in [0.05, 0.1) is 10.7 Å². The molecule has 4 rings (SSSR count). The van der Waals surface area contributed by atoms with E-state index in [-0.39, 0.29) is 16.7 Å². The SMILES string of the molecule is O=C1N(c2ccc(C(O)C(F)(F)F)cc2)CCC12CCN(S(=O)(=O)C1CC1)CC2. The predicted molar refractivity (Wildman–Crippen MR) is 99.6 cm³/mol. The summed E-state index contributed by atoms with van der Waals surface area (Å²) >= 11 is 0. The molecule has 1 aliphatic carbocycles. The summed E-state index contributed by atoms with van der Waals surface area (Å²) in [5, 5.41) is 9.07. The number of aliphatic hydroxyl groups excluding tert-OH is 1. The van der Waals surface area contributed by atoms with E-state index in [0.717, 1.165) is 0 Å². The third-order valence-electron chi connectivity index (χ3n) is 6.33. The van der Waals surface area contributed by atoms with E-state index in [0.29, 0.717) is 57.4 Å². The summed E-state index contributed by atoms with van der Waals surface area (Å²) < 4.78 is 64.2. The highest BCUT2D eigenvalue weighted by atomic mass is 32.2. The fourth-order valence-electron chi connectivity index (χ4n) is 4.30. The van der Waals surface area contributed by atoms with Crippen molar-refractivity contribution in [2.75, 3.05) is 24.5 Å². The first-order chi connectivity index (χ1) is 13.5. The maximum absolute atomic E-state index is 13.1. The van der Waals surface area contributed by atoms with Crippen molar-refractivity contribution < 1.29 is 31.5 Å². The fourth-order valence-corrected chi connectivity index (χ4v) is 6.15. The lowest BCUT2D eigenvalue weighted by Crippen LogP contribution is -2.47. The number of halogens is 3. The van der Waals surface area contributed by atoms with Crippen molar-refractivity contribution in [3.8, 4) is 0 Å². The van der Waals surface area contributed by atoms with Crippen LogP contribution in [0.3, 0.4) is 0 Å². The summed E-state index contributed by atoms with van der Waals surface area (Å²) in [7, 11) is -3.25. The second kappa shape index (κ2) is 6.95. The lowest BCUT2D eigenvalue weighted by atomic mass is 9.77. The molecule has 3 fully saturated rings. The van der Waals surface area contributed by atoms with Crippen LogP contribution in [0.1, 0.15) is 43.8 Å². The predicted octanol–water partition coefficient (Wildman–Crippen LogP) is 2.59. The van der Waals surface area contributed by atoms with Gasteiger partial charge in [0, 0.05) is 25.3 Å². The fraction of sp³-hybridized carbons (Fsp3) is 0.632. The molecule has 2 aliphatic heterocycles. The smallest absolute Gasteiger partial charge is 0.379 e. The van der Waals surface area contributed by atoms with Crippen LogP contribution < -0.4 is 4.90 Å². The van der Waals surface area contributed by atoms with E-state index in [1.807, 2.05) is 0 Å². The van der Waals surface area contributed by atoms with Crippen LogP contribution in [0.2, 0.25) is 0 Å². The molecule has 1 N–H and O–H groups in total. The molecule has 160 valence electrons. The molecular formula is C19H23F3N2O4S. The van der Waals surface area contributed by atoms with E-state index in [1.54, 1.807) is 4.90 Å². The Morgan fingerprint density at radius 1 is 1.03 bits per heavy atom. The van der Waals surface area contributed by atoms with Crippen LogP contribution in [0.25, 0.3) is 0 Å². The molecule has 1 aromatic carbocycles. The summed E-state index contributed by atoms with van der Waals surface area (Å²) in [5.74, 6) is -0.106. The Morgan fingerprint density at radius 2 is 1.59 bits per heavy atom. The quantitative estimate of drug-likeness (QED) is 0.794. The molecule has 1 unspecified atom stereocenters. The number of carbonyl (C=O) groups excluding carboxylic acids is 1. The zero-order valence-corrected chi connectivity index (χ0v) is 16.5. The Kier molecular flexibility index (Phi) is 4.94. The van der Waals surface area contributed by atoms with E-state index < -0.39 is 27.7 Å². The van der Waals surface area contributed by atoms with Gasteiger partial charge in [0.1, 0.15) is 0 Å². The Labute approximate surface area is 167 Å². The number of aliphatic hydroxyl groups is 1. The molecule has 1 atom stereocenters. The van der Waals surface area contributed by atoms with Crippen molar-refractivity contribution in [1.29, 1.82) is 0 Å². The molecule has 29 heavy (non-hydrogen) atoms. The summed E-state index contributed by atoms with van der Waals surface area (Å²) in [5.41, 5.74) is -0.404. The normalized spacial score (nSPS) is 24.3. The molecule has 0 bridgehead atoms. The molecule has 1 amide bonds. The van der Waals surface area contributed by atoms with Gasteiger partial charge in [-0.2, -0.15) is 13.2 Å². The number of alkyl halides is 3. The zero-order valence-electron chi connectivity index (χ0n) is 15.7. The first-order valence-corrected chi connectivity index (χ1v) is 11.2. The van der Waals surface area contributed by atoms with Gasteiger partial charge < -0.3 is 10.0 Å². The molecule has 0 radical (unpaired) electrons. The number of sulfonamides is 1. The van der Waals surface area contributed by atoms with Crippen LogP contribution in [-0.4, -0.2) is 54.8 Å².